The van der Waals surface area contributed by atoms with Gasteiger partial charge in [-0.1, -0.05) is 0 Å². The van der Waals surface area contributed by atoms with Crippen molar-refractivity contribution in [1.82, 2.24) is 10.3 Å². The second-order valence-corrected chi connectivity index (χ2v) is 5.03. The predicted octanol–water partition coefficient (Wildman–Crippen LogP) is 1.19. The van der Waals surface area contributed by atoms with Crippen molar-refractivity contribution in [2.75, 3.05) is 13.1 Å². The van der Waals surface area contributed by atoms with E-state index in [2.05, 4.69) is 10.3 Å². The molecule has 4 nitrogen and oxygen atoms in total. The molecule has 1 aromatic rings. The lowest BCUT2D eigenvalue weighted by Gasteiger charge is -2.13. The van der Waals surface area contributed by atoms with E-state index in [0.717, 1.165) is 32.2 Å². The van der Waals surface area contributed by atoms with Gasteiger partial charge in [-0.25, -0.2) is 0 Å². The third kappa shape index (κ3) is 3.60. The van der Waals surface area contributed by atoms with Crippen molar-refractivity contribution in [3.05, 3.63) is 24.0 Å². The smallest absolute Gasteiger partial charge is 0.220 e. The highest BCUT2D eigenvalue weighted by Crippen LogP contribution is 2.43. The Morgan fingerprint density at radius 2 is 2.35 bits per heavy atom. The fourth-order valence-corrected chi connectivity index (χ4v) is 1.97. The van der Waals surface area contributed by atoms with Crippen LogP contribution in [0.4, 0.5) is 0 Å². The van der Waals surface area contributed by atoms with Gasteiger partial charge in [-0.2, -0.15) is 0 Å². The normalized spacial score (nSPS) is 16.8. The first-order valence-corrected chi connectivity index (χ1v) is 6.33. The monoisotopic (exact) mass is 235 g/mol. The van der Waals surface area contributed by atoms with Crippen LogP contribution in [0.2, 0.25) is 0 Å². The van der Waals surface area contributed by atoms with Crippen LogP contribution in [0.15, 0.2) is 18.3 Å². The highest BCUT2D eigenvalue weighted by atomic mass is 16.1. The Hall–Kier alpha value is -1.29. The summed E-state index contributed by atoms with van der Waals surface area (Å²) in [6, 6.07) is 4.03. The van der Waals surface area contributed by atoms with E-state index < -0.39 is 0 Å². The van der Waals surface area contributed by atoms with Crippen LogP contribution in [0.25, 0.3) is 0 Å². The third-order valence-electron chi connectivity index (χ3n) is 3.56. The Kier molecular flexibility index (Phi) is 3.84. The molecular weight excluding hydrogens is 214 g/mol. The molecule has 94 valence electrons. The van der Waals surface area contributed by atoms with Gasteiger partial charge >= 0.3 is 0 Å². The molecule has 17 heavy (non-hydrogen) atoms. The number of nitrogens with two attached hydrogens (primary N) is 1. The highest BCUT2D eigenvalue weighted by Gasteiger charge is 2.41. The molecule has 1 aliphatic rings. The summed E-state index contributed by atoms with van der Waals surface area (Å²) in [6.07, 6.45) is 6.65. The zero-order valence-electron chi connectivity index (χ0n) is 10.2. The molecule has 0 bridgehead atoms. The average Bonchev–Trinajstić information content (AvgIpc) is 2.95. The molecular formula is C13H21N3O. The molecule has 0 saturated heterocycles. The molecule has 1 aromatic heterocycles. The molecule has 0 unspecified atom stereocenters. The molecule has 1 amide bonds. The molecule has 0 spiro atoms. The van der Waals surface area contributed by atoms with Gasteiger partial charge in [0, 0.05) is 24.9 Å². The minimum atomic E-state index is 0.149. The van der Waals surface area contributed by atoms with Crippen molar-refractivity contribution in [3.63, 3.8) is 0 Å². The zero-order valence-corrected chi connectivity index (χ0v) is 10.2. The summed E-state index contributed by atoms with van der Waals surface area (Å²) < 4.78 is 0. The van der Waals surface area contributed by atoms with Crippen LogP contribution in [0.1, 0.15) is 31.4 Å². The minimum Gasteiger partial charge on any atom is -0.365 e. The molecule has 0 radical (unpaired) electrons. The number of nitrogens with one attached hydrogen (secondary N) is 2. The van der Waals surface area contributed by atoms with Gasteiger partial charge in [-0.05, 0) is 49.8 Å². The van der Waals surface area contributed by atoms with E-state index in [-0.39, 0.29) is 11.3 Å². The van der Waals surface area contributed by atoms with E-state index in [9.17, 15) is 4.79 Å². The Balaban J connectivity index is 1.58. The van der Waals surface area contributed by atoms with Gasteiger partial charge in [0.1, 0.15) is 0 Å². The standard InChI is InChI=1S/C13H21N3O/c14-9-13(6-7-13)10-16-12(17)5-1-3-11-4-2-8-15-11/h2,4,8,15H,1,3,5-7,9-10,14H2,(H,16,17). The largest absolute Gasteiger partial charge is 0.365 e. The van der Waals surface area contributed by atoms with E-state index in [1.165, 1.54) is 5.69 Å². The lowest BCUT2D eigenvalue weighted by atomic mass is 10.1. The Morgan fingerprint density at radius 1 is 1.53 bits per heavy atom. The molecule has 0 aliphatic heterocycles. The van der Waals surface area contributed by atoms with Crippen molar-refractivity contribution in [2.45, 2.75) is 32.1 Å². The number of amides is 1. The minimum absolute atomic E-state index is 0.149. The topological polar surface area (TPSA) is 70.9 Å². The molecule has 0 atom stereocenters. The molecule has 0 aromatic carbocycles. The number of hydrogen-bond acceptors (Lipinski definition) is 2. The first kappa shape index (κ1) is 12.2. The number of rotatable bonds is 7. The van der Waals surface area contributed by atoms with Gasteiger partial charge in [0.05, 0.1) is 0 Å². The fraction of sp³-hybridized carbons (Fsp3) is 0.615. The Bertz CT molecular complexity index is 355. The summed E-state index contributed by atoms with van der Waals surface area (Å²) in [7, 11) is 0. The number of aromatic amines is 1. The van der Waals surface area contributed by atoms with E-state index in [1.807, 2.05) is 18.3 Å². The predicted molar refractivity (Wildman–Crippen MR) is 67.5 cm³/mol. The summed E-state index contributed by atoms with van der Waals surface area (Å²) in [5.41, 5.74) is 7.09. The maximum Gasteiger partial charge on any atom is 0.220 e. The van der Waals surface area contributed by atoms with Crippen LogP contribution in [-0.2, 0) is 11.2 Å². The molecule has 2 rings (SSSR count). The molecule has 4 heteroatoms. The fourth-order valence-electron chi connectivity index (χ4n) is 1.97. The lowest BCUT2D eigenvalue weighted by molar-refractivity contribution is -0.121. The van der Waals surface area contributed by atoms with Gasteiger partial charge in [0.2, 0.25) is 5.91 Å². The highest BCUT2D eigenvalue weighted by molar-refractivity contribution is 5.75. The molecule has 1 heterocycles. The summed E-state index contributed by atoms with van der Waals surface area (Å²) in [6.45, 7) is 1.45. The summed E-state index contributed by atoms with van der Waals surface area (Å²) in [5.74, 6) is 0.149. The van der Waals surface area contributed by atoms with Crippen molar-refractivity contribution < 1.29 is 4.79 Å². The third-order valence-corrected chi connectivity index (χ3v) is 3.56. The van der Waals surface area contributed by atoms with Crippen LogP contribution in [0.5, 0.6) is 0 Å². The first-order chi connectivity index (χ1) is 8.24. The molecule has 4 N–H and O–H groups in total. The lowest BCUT2D eigenvalue weighted by Crippen LogP contribution is -2.33. The van der Waals surface area contributed by atoms with E-state index >= 15 is 0 Å². The quantitative estimate of drug-likeness (QED) is 0.664. The van der Waals surface area contributed by atoms with Crippen molar-refractivity contribution in [3.8, 4) is 0 Å². The van der Waals surface area contributed by atoms with Gasteiger partial charge in [0.25, 0.3) is 0 Å². The second kappa shape index (κ2) is 5.36. The molecule has 1 saturated carbocycles. The maximum absolute atomic E-state index is 11.6. The van der Waals surface area contributed by atoms with E-state index in [0.29, 0.717) is 13.0 Å². The van der Waals surface area contributed by atoms with Crippen LogP contribution < -0.4 is 11.1 Å². The van der Waals surface area contributed by atoms with Gasteiger partial charge in [-0.3, -0.25) is 4.79 Å². The summed E-state index contributed by atoms with van der Waals surface area (Å²) in [5, 5.41) is 2.99. The van der Waals surface area contributed by atoms with E-state index in [1.54, 1.807) is 0 Å². The number of aromatic nitrogens is 1. The van der Waals surface area contributed by atoms with Gasteiger partial charge in [0.15, 0.2) is 0 Å². The number of carbonyl (C=O) groups excluding carboxylic acids is 1. The summed E-state index contributed by atoms with van der Waals surface area (Å²) >= 11 is 0. The van der Waals surface area contributed by atoms with Crippen LogP contribution >= 0.6 is 0 Å². The van der Waals surface area contributed by atoms with Crippen molar-refractivity contribution in [2.24, 2.45) is 11.1 Å². The SMILES string of the molecule is NCC1(CNC(=O)CCCc2ccc[nH]2)CC1. The van der Waals surface area contributed by atoms with Crippen LogP contribution in [0, 0.1) is 5.41 Å². The van der Waals surface area contributed by atoms with Crippen molar-refractivity contribution >= 4 is 5.91 Å². The Labute approximate surface area is 102 Å². The number of hydrogen-bond donors (Lipinski definition) is 3. The first-order valence-electron chi connectivity index (χ1n) is 6.33. The van der Waals surface area contributed by atoms with Crippen molar-refractivity contribution in [1.29, 1.82) is 0 Å². The number of H-pyrrole nitrogens is 1. The van der Waals surface area contributed by atoms with Gasteiger partial charge in [-0.15, -0.1) is 0 Å². The van der Waals surface area contributed by atoms with E-state index in [4.69, 9.17) is 5.73 Å². The number of carbonyl (C=O) groups is 1. The average molecular weight is 235 g/mol. The maximum atomic E-state index is 11.6. The molecule has 1 fully saturated rings. The zero-order chi connectivity index (χ0) is 12.1. The Morgan fingerprint density at radius 3 is 2.94 bits per heavy atom. The molecule has 1 aliphatic carbocycles. The second-order valence-electron chi connectivity index (χ2n) is 5.03. The summed E-state index contributed by atoms with van der Waals surface area (Å²) in [4.78, 5) is 14.7. The van der Waals surface area contributed by atoms with Crippen LogP contribution in [0.3, 0.4) is 0 Å². The number of aryl methyl sites for hydroxylation is 1. The van der Waals surface area contributed by atoms with Gasteiger partial charge < -0.3 is 16.0 Å². The van der Waals surface area contributed by atoms with Crippen LogP contribution in [-0.4, -0.2) is 24.0 Å².